The summed E-state index contributed by atoms with van der Waals surface area (Å²) < 4.78 is 0.745. The molecule has 1 aromatic heterocycles. The monoisotopic (exact) mass is 233 g/mol. The maximum Gasteiger partial charge on any atom is 0.216 e. The van der Waals surface area contributed by atoms with E-state index in [0.29, 0.717) is 16.3 Å². The number of halogens is 1. The van der Waals surface area contributed by atoms with E-state index in [4.69, 9.17) is 11.6 Å². The van der Waals surface area contributed by atoms with E-state index in [-0.39, 0.29) is 0 Å². The highest BCUT2D eigenvalue weighted by atomic mass is 35.5. The zero-order chi connectivity index (χ0) is 11.4. The second-order valence-corrected chi connectivity index (χ2v) is 3.54. The van der Waals surface area contributed by atoms with E-state index < -0.39 is 0 Å². The van der Waals surface area contributed by atoms with E-state index in [0.717, 1.165) is 4.74 Å². The molecule has 5 heteroatoms. The average Bonchev–Trinajstić information content (AvgIpc) is 2.31. The third-order valence-corrected chi connectivity index (χ3v) is 2.18. The average molecular weight is 234 g/mol. The SMILES string of the molecule is [O-][N+](=Cc1cncnc1)c1ccc(Cl)cc1. The van der Waals surface area contributed by atoms with Gasteiger partial charge in [0.25, 0.3) is 0 Å². The first-order valence-corrected chi connectivity index (χ1v) is 4.95. The summed E-state index contributed by atoms with van der Waals surface area (Å²) in [7, 11) is 0. The minimum absolute atomic E-state index is 0.508. The standard InChI is InChI=1S/C11H8ClN3O/c12-10-1-3-11(4-2-10)15(16)7-9-5-13-8-14-6-9/h1-8H. The van der Waals surface area contributed by atoms with E-state index >= 15 is 0 Å². The molecule has 0 saturated heterocycles. The van der Waals surface area contributed by atoms with Crippen LogP contribution in [0.5, 0.6) is 0 Å². The molecule has 80 valence electrons. The summed E-state index contributed by atoms with van der Waals surface area (Å²) in [5, 5.41) is 12.3. The van der Waals surface area contributed by atoms with Gasteiger partial charge in [0.05, 0.1) is 5.56 Å². The highest BCUT2D eigenvalue weighted by Gasteiger charge is 2.01. The molecule has 1 aromatic carbocycles. The normalized spacial score (nSPS) is 11.4. The van der Waals surface area contributed by atoms with Crippen molar-refractivity contribution in [3.63, 3.8) is 0 Å². The minimum Gasteiger partial charge on any atom is -0.618 e. The van der Waals surface area contributed by atoms with Crippen molar-refractivity contribution in [3.8, 4) is 0 Å². The number of rotatable bonds is 2. The molecule has 0 amide bonds. The first-order chi connectivity index (χ1) is 7.75. The molecule has 0 N–H and O–H groups in total. The van der Waals surface area contributed by atoms with Crippen molar-refractivity contribution < 1.29 is 4.74 Å². The highest BCUT2D eigenvalue weighted by Crippen LogP contribution is 2.15. The topological polar surface area (TPSA) is 51.9 Å². The van der Waals surface area contributed by atoms with Crippen LogP contribution in [0.15, 0.2) is 43.0 Å². The molecule has 0 aliphatic heterocycles. The molecule has 2 aromatic rings. The first-order valence-electron chi connectivity index (χ1n) is 4.57. The summed E-state index contributed by atoms with van der Waals surface area (Å²) in [6, 6.07) is 6.62. The molecule has 0 unspecified atom stereocenters. The maximum atomic E-state index is 11.7. The molecule has 0 fully saturated rings. The van der Waals surface area contributed by atoms with Gasteiger partial charge in [0.1, 0.15) is 6.33 Å². The summed E-state index contributed by atoms with van der Waals surface area (Å²) in [4.78, 5) is 7.63. The van der Waals surface area contributed by atoms with Crippen molar-refractivity contribution in [2.75, 3.05) is 0 Å². The van der Waals surface area contributed by atoms with Crippen molar-refractivity contribution >= 4 is 23.5 Å². The molecule has 0 radical (unpaired) electrons. The van der Waals surface area contributed by atoms with Crippen LogP contribution >= 0.6 is 11.6 Å². The first kappa shape index (κ1) is 10.6. The van der Waals surface area contributed by atoms with Gasteiger partial charge in [-0.3, -0.25) is 0 Å². The fourth-order valence-corrected chi connectivity index (χ4v) is 1.30. The van der Waals surface area contributed by atoms with Crippen molar-refractivity contribution in [1.82, 2.24) is 9.97 Å². The third-order valence-electron chi connectivity index (χ3n) is 1.93. The van der Waals surface area contributed by atoms with E-state index in [2.05, 4.69) is 9.97 Å². The Labute approximate surface area is 97.4 Å². The third kappa shape index (κ3) is 2.55. The van der Waals surface area contributed by atoms with Gasteiger partial charge in [-0.2, -0.15) is 4.74 Å². The molecule has 0 spiro atoms. The van der Waals surface area contributed by atoms with Gasteiger partial charge in [-0.25, -0.2) is 9.97 Å². The van der Waals surface area contributed by atoms with Crippen molar-refractivity contribution in [3.05, 3.63) is 58.8 Å². The van der Waals surface area contributed by atoms with Crippen LogP contribution in [0.4, 0.5) is 5.69 Å². The second kappa shape index (κ2) is 4.72. The van der Waals surface area contributed by atoms with Crippen molar-refractivity contribution in [2.24, 2.45) is 0 Å². The van der Waals surface area contributed by atoms with Crippen LogP contribution in [-0.2, 0) is 0 Å². The molecule has 16 heavy (non-hydrogen) atoms. The van der Waals surface area contributed by atoms with Gasteiger partial charge in [0.2, 0.25) is 5.69 Å². The smallest absolute Gasteiger partial charge is 0.216 e. The van der Waals surface area contributed by atoms with Crippen LogP contribution in [0.1, 0.15) is 5.56 Å². The van der Waals surface area contributed by atoms with Gasteiger partial charge in [-0.15, -0.1) is 0 Å². The zero-order valence-electron chi connectivity index (χ0n) is 8.25. The van der Waals surface area contributed by atoms with Crippen LogP contribution in [0.25, 0.3) is 0 Å². The molecule has 0 bridgehead atoms. The Bertz CT molecular complexity index is 496. The predicted molar refractivity (Wildman–Crippen MR) is 61.9 cm³/mol. The van der Waals surface area contributed by atoms with Crippen molar-refractivity contribution in [2.45, 2.75) is 0 Å². The molecule has 0 aliphatic carbocycles. The lowest BCUT2D eigenvalue weighted by molar-refractivity contribution is -0.354. The van der Waals surface area contributed by atoms with Gasteiger partial charge in [-0.05, 0) is 12.1 Å². The molecular formula is C11H8ClN3O. The lowest BCUT2D eigenvalue weighted by atomic mass is 10.3. The van der Waals surface area contributed by atoms with Gasteiger partial charge in [-0.1, -0.05) is 11.6 Å². The molecule has 0 saturated carbocycles. The Balaban J connectivity index is 2.28. The summed E-state index contributed by atoms with van der Waals surface area (Å²) >= 11 is 5.73. The Kier molecular flexibility index (Phi) is 3.12. The fourth-order valence-electron chi connectivity index (χ4n) is 1.18. The Morgan fingerprint density at radius 3 is 2.38 bits per heavy atom. The molecule has 2 rings (SSSR count). The minimum atomic E-state index is 0.508. The van der Waals surface area contributed by atoms with Crippen LogP contribution in [0, 0.1) is 5.21 Å². The quantitative estimate of drug-likeness (QED) is 0.346. The number of benzene rings is 1. The van der Waals surface area contributed by atoms with E-state index in [1.807, 2.05) is 0 Å². The zero-order valence-corrected chi connectivity index (χ0v) is 9.00. The predicted octanol–water partition coefficient (Wildman–Crippen LogP) is 2.39. The highest BCUT2D eigenvalue weighted by molar-refractivity contribution is 6.30. The maximum absolute atomic E-state index is 11.7. The lowest BCUT2D eigenvalue weighted by Gasteiger charge is -2.02. The van der Waals surface area contributed by atoms with Crippen LogP contribution in [-0.4, -0.2) is 20.9 Å². The number of hydrogen-bond acceptors (Lipinski definition) is 3. The summed E-state index contributed by atoms with van der Waals surface area (Å²) in [6.45, 7) is 0. The van der Waals surface area contributed by atoms with Crippen molar-refractivity contribution in [1.29, 1.82) is 0 Å². The Morgan fingerprint density at radius 2 is 1.75 bits per heavy atom. The fraction of sp³-hybridized carbons (Fsp3) is 0. The molecule has 0 aliphatic rings. The Hall–Kier alpha value is -1.94. The van der Waals surface area contributed by atoms with E-state index in [1.54, 1.807) is 36.7 Å². The molecular weight excluding hydrogens is 226 g/mol. The summed E-state index contributed by atoms with van der Waals surface area (Å²) in [6.07, 6.45) is 5.94. The van der Waals surface area contributed by atoms with E-state index in [9.17, 15) is 5.21 Å². The van der Waals surface area contributed by atoms with Crippen LogP contribution in [0.3, 0.4) is 0 Å². The number of nitrogens with zero attached hydrogens (tertiary/aromatic N) is 3. The molecule has 4 nitrogen and oxygen atoms in total. The van der Waals surface area contributed by atoms with Gasteiger partial charge in [0.15, 0.2) is 6.21 Å². The Morgan fingerprint density at radius 1 is 1.12 bits per heavy atom. The second-order valence-electron chi connectivity index (χ2n) is 3.10. The molecule has 0 atom stereocenters. The number of aromatic nitrogens is 2. The van der Waals surface area contributed by atoms with Gasteiger partial charge < -0.3 is 5.21 Å². The lowest BCUT2D eigenvalue weighted by Crippen LogP contribution is -1.99. The summed E-state index contributed by atoms with van der Waals surface area (Å²) in [5.74, 6) is 0. The van der Waals surface area contributed by atoms with E-state index in [1.165, 1.54) is 12.5 Å². The summed E-state index contributed by atoms with van der Waals surface area (Å²) in [5.41, 5.74) is 1.15. The number of hydrogen-bond donors (Lipinski definition) is 0. The van der Waals surface area contributed by atoms with Gasteiger partial charge in [0, 0.05) is 29.5 Å². The van der Waals surface area contributed by atoms with Crippen LogP contribution in [0.2, 0.25) is 5.02 Å². The van der Waals surface area contributed by atoms with Crippen LogP contribution < -0.4 is 0 Å². The molecule has 1 heterocycles. The van der Waals surface area contributed by atoms with Gasteiger partial charge >= 0.3 is 0 Å². The largest absolute Gasteiger partial charge is 0.618 e.